The van der Waals surface area contributed by atoms with Crippen LogP contribution in [0.5, 0.6) is 0 Å². The number of ketones is 1. The Morgan fingerprint density at radius 1 is 1.21 bits per heavy atom. The van der Waals surface area contributed by atoms with Crippen molar-refractivity contribution >= 4 is 28.3 Å². The second-order valence-corrected chi connectivity index (χ2v) is 7.62. The Hall–Kier alpha value is -2.66. The lowest BCUT2D eigenvalue weighted by Gasteiger charge is -2.18. The van der Waals surface area contributed by atoms with Gasteiger partial charge in [0.1, 0.15) is 0 Å². The Morgan fingerprint density at radius 2 is 1.93 bits per heavy atom. The molecule has 4 rings (SSSR count). The highest BCUT2D eigenvalue weighted by atomic mass is 35.5. The molecule has 0 bridgehead atoms. The van der Waals surface area contributed by atoms with Crippen molar-refractivity contribution in [1.82, 2.24) is 4.98 Å². The van der Waals surface area contributed by atoms with E-state index in [1.807, 2.05) is 0 Å². The van der Waals surface area contributed by atoms with E-state index in [0.717, 1.165) is 18.9 Å². The van der Waals surface area contributed by atoms with Crippen molar-refractivity contribution < 1.29 is 18.0 Å². The van der Waals surface area contributed by atoms with Crippen LogP contribution < -0.4 is 0 Å². The first-order valence-corrected chi connectivity index (χ1v) is 9.61. The summed E-state index contributed by atoms with van der Waals surface area (Å²) in [6.07, 6.45) is -1.54. The van der Waals surface area contributed by atoms with Crippen molar-refractivity contribution in [2.75, 3.05) is 0 Å². The zero-order valence-electron chi connectivity index (χ0n) is 15.4. The van der Waals surface area contributed by atoms with Crippen LogP contribution >= 0.6 is 11.6 Å². The molecule has 0 atom stereocenters. The van der Waals surface area contributed by atoms with Crippen molar-refractivity contribution in [2.45, 2.75) is 31.4 Å². The quantitative estimate of drug-likeness (QED) is 0.341. The highest BCUT2D eigenvalue weighted by Crippen LogP contribution is 2.44. The summed E-state index contributed by atoms with van der Waals surface area (Å²) in [5.41, 5.74) is 1.53. The normalized spacial score (nSPS) is 14.2. The van der Waals surface area contributed by atoms with Gasteiger partial charge in [-0.25, -0.2) is 0 Å². The molecule has 1 saturated carbocycles. The van der Waals surface area contributed by atoms with E-state index in [1.54, 1.807) is 24.3 Å². The smallest absolute Gasteiger partial charge is 0.289 e. The molecule has 0 radical (unpaired) electrons. The van der Waals surface area contributed by atoms with Crippen LogP contribution in [0, 0.1) is 0 Å². The number of aromatic nitrogens is 1. The fraction of sp³-hybridized carbons (Fsp3) is 0.217. The maximum atomic E-state index is 13.6. The summed E-state index contributed by atoms with van der Waals surface area (Å²) >= 11 is 6.17. The van der Waals surface area contributed by atoms with E-state index in [4.69, 9.17) is 11.6 Å². The zero-order valence-corrected chi connectivity index (χ0v) is 16.1. The molecule has 1 aliphatic carbocycles. The van der Waals surface area contributed by atoms with Crippen molar-refractivity contribution in [3.63, 3.8) is 0 Å². The van der Waals surface area contributed by atoms with E-state index in [2.05, 4.69) is 11.6 Å². The number of carbonyl (C=O) groups is 1. The number of nitrogens with zero attached hydrogens (tertiary/aromatic N) is 1. The number of pyridine rings is 1. The maximum Gasteiger partial charge on any atom is 0.416 e. The lowest BCUT2D eigenvalue weighted by atomic mass is 9.89. The van der Waals surface area contributed by atoms with Gasteiger partial charge in [-0.15, -0.1) is 0 Å². The lowest BCUT2D eigenvalue weighted by Crippen LogP contribution is -2.13. The van der Waals surface area contributed by atoms with Crippen LogP contribution in [0.3, 0.4) is 0 Å². The van der Waals surface area contributed by atoms with Gasteiger partial charge in [-0.2, -0.15) is 13.2 Å². The molecule has 1 aromatic heterocycles. The topological polar surface area (TPSA) is 30.0 Å². The van der Waals surface area contributed by atoms with Gasteiger partial charge in [0.15, 0.2) is 5.78 Å². The molecule has 2 aromatic carbocycles. The Labute approximate surface area is 171 Å². The van der Waals surface area contributed by atoms with Crippen LogP contribution in [0.15, 0.2) is 55.1 Å². The molecule has 2 nitrogen and oxygen atoms in total. The fourth-order valence-corrected chi connectivity index (χ4v) is 3.85. The van der Waals surface area contributed by atoms with E-state index in [0.29, 0.717) is 32.7 Å². The van der Waals surface area contributed by atoms with Crippen molar-refractivity contribution in [3.8, 4) is 0 Å². The number of hydrogen-bond donors (Lipinski definition) is 0. The predicted molar refractivity (Wildman–Crippen MR) is 108 cm³/mol. The molecular formula is C23H17ClF3NO. The second kappa shape index (κ2) is 7.30. The fourth-order valence-electron chi connectivity index (χ4n) is 3.68. The third-order valence-corrected chi connectivity index (χ3v) is 5.40. The summed E-state index contributed by atoms with van der Waals surface area (Å²) in [4.78, 5) is 17.4. The summed E-state index contributed by atoms with van der Waals surface area (Å²) in [6.45, 7) is 3.58. The summed E-state index contributed by atoms with van der Waals surface area (Å²) in [5.74, 6) is -0.189. The van der Waals surface area contributed by atoms with Gasteiger partial charge < -0.3 is 0 Å². The molecule has 0 aliphatic heterocycles. The van der Waals surface area contributed by atoms with E-state index in [-0.39, 0.29) is 23.7 Å². The minimum atomic E-state index is -4.49. The Balaban J connectivity index is 2.01. The van der Waals surface area contributed by atoms with Crippen molar-refractivity contribution in [2.24, 2.45) is 0 Å². The standard InChI is InChI=1S/C23H17ClF3NO/c1-2-20(29)21-17(11-14-5-3-4-6-18(14)23(25,26)27)16-12-15(24)9-10-19(16)28-22(21)13-7-8-13/h2-6,9-10,12-13H,1,7-8,11H2. The number of hydrogen-bond acceptors (Lipinski definition) is 2. The Kier molecular flexibility index (Phi) is 4.95. The number of rotatable bonds is 5. The van der Waals surface area contributed by atoms with Gasteiger partial charge >= 0.3 is 6.18 Å². The van der Waals surface area contributed by atoms with Gasteiger partial charge in [0.2, 0.25) is 0 Å². The molecule has 29 heavy (non-hydrogen) atoms. The molecule has 0 N–H and O–H groups in total. The first-order valence-electron chi connectivity index (χ1n) is 9.23. The van der Waals surface area contributed by atoms with Gasteiger partial charge in [0, 0.05) is 21.9 Å². The van der Waals surface area contributed by atoms with Gasteiger partial charge in [0.05, 0.1) is 16.8 Å². The Bertz CT molecular complexity index is 1130. The molecule has 148 valence electrons. The molecule has 6 heteroatoms. The molecule has 1 heterocycles. The first-order chi connectivity index (χ1) is 13.8. The summed E-state index contributed by atoms with van der Waals surface area (Å²) in [6, 6.07) is 10.5. The van der Waals surface area contributed by atoms with Gasteiger partial charge in [-0.1, -0.05) is 36.4 Å². The highest BCUT2D eigenvalue weighted by molar-refractivity contribution is 6.31. The van der Waals surface area contributed by atoms with E-state index >= 15 is 0 Å². The first kappa shape index (κ1) is 19.6. The van der Waals surface area contributed by atoms with Crippen LogP contribution in [0.2, 0.25) is 5.02 Å². The maximum absolute atomic E-state index is 13.6. The largest absolute Gasteiger partial charge is 0.416 e. The predicted octanol–water partition coefficient (Wildman–Crippen LogP) is 6.74. The number of benzene rings is 2. The van der Waals surface area contributed by atoms with Crippen molar-refractivity contribution in [1.29, 1.82) is 0 Å². The molecule has 0 amide bonds. The lowest BCUT2D eigenvalue weighted by molar-refractivity contribution is -0.138. The molecular weight excluding hydrogens is 399 g/mol. The SMILES string of the molecule is C=CC(=O)c1c(C2CC2)nc2ccc(Cl)cc2c1Cc1ccccc1C(F)(F)F. The molecule has 0 spiro atoms. The average Bonchev–Trinajstić information content (AvgIpc) is 3.52. The molecule has 3 aromatic rings. The number of halogens is 4. The monoisotopic (exact) mass is 415 g/mol. The second-order valence-electron chi connectivity index (χ2n) is 7.19. The average molecular weight is 416 g/mol. The van der Waals surface area contributed by atoms with Crippen LogP contribution in [0.4, 0.5) is 13.2 Å². The Morgan fingerprint density at radius 3 is 2.59 bits per heavy atom. The summed E-state index contributed by atoms with van der Waals surface area (Å²) < 4.78 is 40.7. The summed E-state index contributed by atoms with van der Waals surface area (Å²) in [7, 11) is 0. The number of allylic oxidation sites excluding steroid dienone is 1. The third-order valence-electron chi connectivity index (χ3n) is 5.17. The van der Waals surface area contributed by atoms with E-state index in [1.165, 1.54) is 18.2 Å². The van der Waals surface area contributed by atoms with E-state index < -0.39 is 11.7 Å². The highest BCUT2D eigenvalue weighted by Gasteiger charge is 2.35. The van der Waals surface area contributed by atoms with Crippen LogP contribution in [-0.2, 0) is 12.6 Å². The molecule has 0 unspecified atom stereocenters. The summed E-state index contributed by atoms with van der Waals surface area (Å²) in [5, 5.41) is 1.02. The van der Waals surface area contributed by atoms with Crippen LogP contribution in [-0.4, -0.2) is 10.8 Å². The van der Waals surface area contributed by atoms with Crippen LogP contribution in [0.25, 0.3) is 10.9 Å². The molecule has 1 fully saturated rings. The number of carbonyl (C=O) groups excluding carboxylic acids is 1. The number of alkyl halides is 3. The molecule has 1 aliphatic rings. The van der Waals surface area contributed by atoms with E-state index in [9.17, 15) is 18.0 Å². The van der Waals surface area contributed by atoms with Gasteiger partial charge in [-0.05, 0) is 60.7 Å². The third kappa shape index (κ3) is 3.79. The molecule has 0 saturated heterocycles. The van der Waals surface area contributed by atoms with Gasteiger partial charge in [0.25, 0.3) is 0 Å². The number of fused-ring (bicyclic) bond motifs is 1. The minimum Gasteiger partial charge on any atom is -0.289 e. The van der Waals surface area contributed by atoms with Crippen molar-refractivity contribution in [3.05, 3.63) is 88.1 Å². The zero-order chi connectivity index (χ0) is 20.8. The van der Waals surface area contributed by atoms with Gasteiger partial charge in [-0.3, -0.25) is 9.78 Å². The van der Waals surface area contributed by atoms with Crippen LogP contribution in [0.1, 0.15) is 51.5 Å². The minimum absolute atomic E-state index is 0.0519.